The maximum Gasteiger partial charge on any atom is 0.293 e. The summed E-state index contributed by atoms with van der Waals surface area (Å²) in [7, 11) is 3.99. The number of nitrogens with one attached hydrogen (secondary N) is 1. The Bertz CT molecular complexity index is 714. The van der Waals surface area contributed by atoms with Crippen molar-refractivity contribution in [3.8, 4) is 0 Å². The second kappa shape index (κ2) is 7.51. The standard InChI is InChI=1S/C17H19N3O3/c1-19(2)11-15-6-4-3-5-14(15)10-18-16-8-7-13(12-21)9-17(16)20(22)23/h3-9,12,18H,10-11H2,1-2H3. The summed E-state index contributed by atoms with van der Waals surface area (Å²) in [5, 5.41) is 14.3. The van der Waals surface area contributed by atoms with Crippen molar-refractivity contribution >= 4 is 17.7 Å². The summed E-state index contributed by atoms with van der Waals surface area (Å²) in [5.41, 5.74) is 2.84. The first-order valence-corrected chi connectivity index (χ1v) is 7.20. The quantitative estimate of drug-likeness (QED) is 0.483. The zero-order valence-corrected chi connectivity index (χ0v) is 13.2. The van der Waals surface area contributed by atoms with Crippen LogP contribution in [-0.2, 0) is 13.1 Å². The van der Waals surface area contributed by atoms with E-state index >= 15 is 0 Å². The van der Waals surface area contributed by atoms with E-state index < -0.39 is 4.92 Å². The minimum absolute atomic E-state index is 0.0975. The second-order valence-corrected chi connectivity index (χ2v) is 5.51. The number of nitrogens with zero attached hydrogens (tertiary/aromatic N) is 2. The highest BCUT2D eigenvalue weighted by Crippen LogP contribution is 2.26. The van der Waals surface area contributed by atoms with Crippen LogP contribution in [0.4, 0.5) is 11.4 Å². The topological polar surface area (TPSA) is 75.5 Å². The molecule has 0 spiro atoms. The molecule has 0 unspecified atom stereocenters. The van der Waals surface area contributed by atoms with E-state index in [4.69, 9.17) is 0 Å². The summed E-state index contributed by atoms with van der Waals surface area (Å²) in [6.45, 7) is 1.27. The Balaban J connectivity index is 2.21. The average molecular weight is 313 g/mol. The van der Waals surface area contributed by atoms with Gasteiger partial charge in [-0.25, -0.2) is 0 Å². The van der Waals surface area contributed by atoms with Crippen LogP contribution in [0.15, 0.2) is 42.5 Å². The normalized spacial score (nSPS) is 10.6. The first-order chi connectivity index (χ1) is 11.0. The molecule has 0 saturated heterocycles. The molecule has 0 aliphatic carbocycles. The molecule has 0 radical (unpaired) electrons. The van der Waals surface area contributed by atoms with Gasteiger partial charge in [-0.3, -0.25) is 14.9 Å². The number of carbonyl (C=O) groups excluding carboxylic acids is 1. The maximum atomic E-state index is 11.2. The Kier molecular flexibility index (Phi) is 5.43. The molecule has 2 aromatic rings. The predicted octanol–water partition coefficient (Wildman–Crippen LogP) is 3.08. The number of hydrogen-bond acceptors (Lipinski definition) is 5. The molecular formula is C17H19N3O3. The van der Waals surface area contributed by atoms with Crippen molar-refractivity contribution in [2.45, 2.75) is 13.1 Å². The van der Waals surface area contributed by atoms with Gasteiger partial charge < -0.3 is 10.2 Å². The molecule has 0 heterocycles. The Morgan fingerprint density at radius 3 is 2.48 bits per heavy atom. The number of nitro groups is 1. The lowest BCUT2D eigenvalue weighted by Crippen LogP contribution is -2.13. The SMILES string of the molecule is CN(C)Cc1ccccc1CNc1ccc(C=O)cc1[N+](=O)[O-]. The zero-order chi connectivity index (χ0) is 16.8. The molecule has 0 fully saturated rings. The maximum absolute atomic E-state index is 11.2. The predicted molar refractivity (Wildman–Crippen MR) is 89.6 cm³/mol. The average Bonchev–Trinajstić information content (AvgIpc) is 2.53. The first kappa shape index (κ1) is 16.6. The van der Waals surface area contributed by atoms with Crippen LogP contribution in [0.2, 0.25) is 0 Å². The van der Waals surface area contributed by atoms with Crippen LogP contribution in [0.5, 0.6) is 0 Å². The number of carbonyl (C=O) groups is 1. The van der Waals surface area contributed by atoms with Gasteiger partial charge in [0.25, 0.3) is 5.69 Å². The minimum atomic E-state index is -0.485. The highest BCUT2D eigenvalue weighted by Gasteiger charge is 2.14. The van der Waals surface area contributed by atoms with Crippen molar-refractivity contribution in [3.05, 3.63) is 69.3 Å². The van der Waals surface area contributed by atoms with Crippen molar-refractivity contribution in [1.82, 2.24) is 4.90 Å². The van der Waals surface area contributed by atoms with E-state index in [1.807, 2.05) is 38.4 Å². The minimum Gasteiger partial charge on any atom is -0.375 e. The molecule has 2 rings (SSSR count). The van der Waals surface area contributed by atoms with E-state index in [2.05, 4.69) is 10.2 Å². The summed E-state index contributed by atoms with van der Waals surface area (Å²) >= 11 is 0. The molecular weight excluding hydrogens is 294 g/mol. The lowest BCUT2D eigenvalue weighted by atomic mass is 10.1. The molecule has 6 nitrogen and oxygen atoms in total. The van der Waals surface area contributed by atoms with Crippen molar-refractivity contribution in [2.24, 2.45) is 0 Å². The molecule has 23 heavy (non-hydrogen) atoms. The van der Waals surface area contributed by atoms with Crippen LogP contribution in [0, 0.1) is 10.1 Å². The van der Waals surface area contributed by atoms with Crippen LogP contribution in [0.3, 0.4) is 0 Å². The van der Waals surface area contributed by atoms with Crippen LogP contribution in [-0.4, -0.2) is 30.2 Å². The van der Waals surface area contributed by atoms with Gasteiger partial charge >= 0.3 is 0 Å². The molecule has 0 bridgehead atoms. The van der Waals surface area contributed by atoms with E-state index in [0.717, 1.165) is 17.7 Å². The van der Waals surface area contributed by atoms with E-state index in [1.165, 1.54) is 6.07 Å². The van der Waals surface area contributed by atoms with Crippen LogP contribution < -0.4 is 5.32 Å². The fourth-order valence-electron chi connectivity index (χ4n) is 2.34. The van der Waals surface area contributed by atoms with Gasteiger partial charge in [-0.2, -0.15) is 0 Å². The van der Waals surface area contributed by atoms with Crippen LogP contribution in [0.1, 0.15) is 21.5 Å². The number of nitro benzene ring substituents is 1. The summed E-state index contributed by atoms with van der Waals surface area (Å²) in [6, 6.07) is 12.4. The number of aldehydes is 1. The number of benzene rings is 2. The molecule has 0 aromatic heterocycles. The Labute approximate surface area is 134 Å². The monoisotopic (exact) mass is 313 g/mol. The third kappa shape index (κ3) is 4.37. The molecule has 0 amide bonds. The lowest BCUT2D eigenvalue weighted by Gasteiger charge is -2.15. The van der Waals surface area contributed by atoms with E-state index in [-0.39, 0.29) is 11.3 Å². The first-order valence-electron chi connectivity index (χ1n) is 7.20. The molecule has 0 atom stereocenters. The molecule has 6 heteroatoms. The second-order valence-electron chi connectivity index (χ2n) is 5.51. The molecule has 1 N–H and O–H groups in total. The lowest BCUT2D eigenvalue weighted by molar-refractivity contribution is -0.384. The highest BCUT2D eigenvalue weighted by atomic mass is 16.6. The van der Waals surface area contributed by atoms with Gasteiger partial charge in [0.15, 0.2) is 0 Å². The smallest absolute Gasteiger partial charge is 0.293 e. The van der Waals surface area contributed by atoms with Crippen LogP contribution in [0.25, 0.3) is 0 Å². The third-order valence-corrected chi connectivity index (χ3v) is 3.43. The van der Waals surface area contributed by atoms with Gasteiger partial charge in [0, 0.05) is 24.7 Å². The van der Waals surface area contributed by atoms with Gasteiger partial charge in [0.05, 0.1) is 4.92 Å². The Morgan fingerprint density at radius 2 is 1.87 bits per heavy atom. The van der Waals surface area contributed by atoms with Crippen molar-refractivity contribution in [3.63, 3.8) is 0 Å². The molecule has 0 aliphatic rings. The highest BCUT2D eigenvalue weighted by molar-refractivity contribution is 5.79. The zero-order valence-electron chi connectivity index (χ0n) is 13.2. The van der Waals surface area contributed by atoms with Gasteiger partial charge in [-0.15, -0.1) is 0 Å². The third-order valence-electron chi connectivity index (χ3n) is 3.43. The van der Waals surface area contributed by atoms with Gasteiger partial charge in [0.2, 0.25) is 0 Å². The largest absolute Gasteiger partial charge is 0.375 e. The summed E-state index contributed by atoms with van der Waals surface area (Å²) < 4.78 is 0. The fourth-order valence-corrected chi connectivity index (χ4v) is 2.34. The van der Waals surface area contributed by atoms with Gasteiger partial charge in [0.1, 0.15) is 12.0 Å². The van der Waals surface area contributed by atoms with Gasteiger partial charge in [-0.1, -0.05) is 24.3 Å². The van der Waals surface area contributed by atoms with Crippen molar-refractivity contribution in [1.29, 1.82) is 0 Å². The molecule has 0 saturated carbocycles. The van der Waals surface area contributed by atoms with E-state index in [1.54, 1.807) is 12.1 Å². The molecule has 120 valence electrons. The van der Waals surface area contributed by atoms with E-state index in [0.29, 0.717) is 18.5 Å². The number of anilines is 1. The Morgan fingerprint density at radius 1 is 1.17 bits per heavy atom. The van der Waals surface area contributed by atoms with Crippen LogP contribution >= 0.6 is 0 Å². The van der Waals surface area contributed by atoms with E-state index in [9.17, 15) is 14.9 Å². The summed E-state index contributed by atoms with van der Waals surface area (Å²) in [6.07, 6.45) is 0.600. The molecule has 2 aromatic carbocycles. The number of rotatable bonds is 7. The van der Waals surface area contributed by atoms with Crippen molar-refractivity contribution < 1.29 is 9.72 Å². The fraction of sp³-hybridized carbons (Fsp3) is 0.235. The summed E-state index contributed by atoms with van der Waals surface area (Å²) in [4.78, 5) is 23.5. The molecule has 0 aliphatic heterocycles. The number of hydrogen-bond donors (Lipinski definition) is 1. The van der Waals surface area contributed by atoms with Gasteiger partial charge in [-0.05, 0) is 37.4 Å². The Hall–Kier alpha value is -2.73. The summed E-state index contributed by atoms with van der Waals surface area (Å²) in [5.74, 6) is 0. The van der Waals surface area contributed by atoms with Crippen molar-refractivity contribution in [2.75, 3.05) is 19.4 Å².